The Morgan fingerprint density at radius 2 is 1.00 bits per heavy atom. The molecule has 0 rings (SSSR count). The summed E-state index contributed by atoms with van der Waals surface area (Å²) in [4.78, 5) is 0. The zero-order valence-corrected chi connectivity index (χ0v) is 16.2. The first kappa shape index (κ1) is 19.9. The van der Waals surface area contributed by atoms with Crippen LogP contribution in [-0.2, 0) is 9.84 Å². The van der Waals surface area contributed by atoms with Crippen molar-refractivity contribution < 1.29 is 8.42 Å². The molecule has 0 saturated heterocycles. The van der Waals surface area contributed by atoms with Crippen LogP contribution in [0, 0.1) is 16.2 Å². The molecule has 0 aromatic rings. The molecule has 20 heavy (non-hydrogen) atoms. The Bertz CT molecular complexity index is 415. The van der Waals surface area contributed by atoms with E-state index in [0.29, 0.717) is 6.42 Å². The molecule has 3 heteroatoms. The molecule has 0 aliphatic heterocycles. The van der Waals surface area contributed by atoms with Gasteiger partial charge in [0.1, 0.15) is 0 Å². The summed E-state index contributed by atoms with van der Waals surface area (Å²) >= 11 is 0. The molecular weight excluding hydrogens is 268 g/mol. The second-order valence-corrected chi connectivity index (χ2v) is 12.8. The Morgan fingerprint density at radius 1 is 0.650 bits per heavy atom. The topological polar surface area (TPSA) is 34.1 Å². The van der Waals surface area contributed by atoms with Crippen LogP contribution >= 0.6 is 0 Å². The van der Waals surface area contributed by atoms with Gasteiger partial charge in [-0.15, -0.1) is 0 Å². The van der Waals surface area contributed by atoms with Crippen LogP contribution in [0.25, 0.3) is 0 Å². The molecule has 0 fully saturated rings. The smallest absolute Gasteiger partial charge is 0.156 e. The van der Waals surface area contributed by atoms with Gasteiger partial charge in [0.05, 0.1) is 10.5 Å². The van der Waals surface area contributed by atoms with Gasteiger partial charge in [0.2, 0.25) is 0 Å². The Kier molecular flexibility index (Phi) is 5.61. The maximum atomic E-state index is 12.8. The predicted octanol–water partition coefficient (Wildman–Crippen LogP) is 5.08. The molecule has 0 aromatic carbocycles. The Labute approximate surface area is 127 Å². The van der Waals surface area contributed by atoms with Crippen molar-refractivity contribution in [2.24, 2.45) is 16.2 Å². The van der Waals surface area contributed by atoms with Crippen molar-refractivity contribution in [1.82, 2.24) is 0 Å². The van der Waals surface area contributed by atoms with Gasteiger partial charge < -0.3 is 0 Å². The van der Waals surface area contributed by atoms with Crippen LogP contribution < -0.4 is 0 Å². The van der Waals surface area contributed by atoms with E-state index in [4.69, 9.17) is 0 Å². The van der Waals surface area contributed by atoms with Gasteiger partial charge in [-0.1, -0.05) is 55.4 Å². The van der Waals surface area contributed by atoms with Crippen molar-refractivity contribution in [1.29, 1.82) is 0 Å². The van der Waals surface area contributed by atoms with E-state index in [-0.39, 0.29) is 22.0 Å². The normalized spacial score (nSPS) is 15.5. The Balaban J connectivity index is 5.17. The minimum absolute atomic E-state index is 0.0186. The van der Waals surface area contributed by atoms with Crippen LogP contribution in [0.5, 0.6) is 0 Å². The van der Waals surface area contributed by atoms with Gasteiger partial charge in [0, 0.05) is 0 Å². The molecule has 0 aliphatic rings. The van der Waals surface area contributed by atoms with E-state index < -0.39 is 14.6 Å². The van der Waals surface area contributed by atoms with Crippen molar-refractivity contribution in [3.05, 3.63) is 0 Å². The predicted molar refractivity (Wildman–Crippen MR) is 89.8 cm³/mol. The van der Waals surface area contributed by atoms with Gasteiger partial charge in [0.15, 0.2) is 9.84 Å². The quantitative estimate of drug-likeness (QED) is 0.710. The fourth-order valence-electron chi connectivity index (χ4n) is 3.58. The van der Waals surface area contributed by atoms with Gasteiger partial charge in [0.25, 0.3) is 0 Å². The van der Waals surface area contributed by atoms with Crippen molar-refractivity contribution in [3.8, 4) is 0 Å². The molecule has 0 aliphatic carbocycles. The third kappa shape index (κ3) is 7.10. The van der Waals surface area contributed by atoms with Gasteiger partial charge in [-0.3, -0.25) is 0 Å². The number of rotatable bonds is 5. The summed E-state index contributed by atoms with van der Waals surface area (Å²) < 4.78 is 25.0. The van der Waals surface area contributed by atoms with Crippen LogP contribution in [-0.4, -0.2) is 18.9 Å². The molecular formula is C17H36O2S. The average Bonchev–Trinajstić information content (AvgIpc) is 1.88. The fraction of sp³-hybridized carbons (Fsp3) is 1.00. The Hall–Kier alpha value is -0.0500. The van der Waals surface area contributed by atoms with E-state index in [2.05, 4.69) is 55.4 Å². The highest BCUT2D eigenvalue weighted by Gasteiger charge is 2.41. The monoisotopic (exact) mass is 304 g/mol. The second-order valence-electron chi connectivity index (χ2n) is 10.2. The largest absolute Gasteiger partial charge is 0.228 e. The lowest BCUT2D eigenvalue weighted by Gasteiger charge is -2.37. The lowest BCUT2D eigenvalue weighted by atomic mass is 9.77. The van der Waals surface area contributed by atoms with Gasteiger partial charge in [-0.25, -0.2) is 8.42 Å². The first-order valence-electron chi connectivity index (χ1n) is 7.59. The number of hydrogen-bond acceptors (Lipinski definition) is 2. The summed E-state index contributed by atoms with van der Waals surface area (Å²) in [6, 6.07) is 0. The first-order chi connectivity index (χ1) is 8.37. The third-order valence-electron chi connectivity index (χ3n) is 3.39. The molecule has 0 amide bonds. The lowest BCUT2D eigenvalue weighted by Crippen LogP contribution is -2.42. The van der Waals surface area contributed by atoms with Gasteiger partial charge in [-0.05, 0) is 42.9 Å². The summed E-state index contributed by atoms with van der Waals surface area (Å²) in [5.41, 5.74) is -0.0236. The van der Waals surface area contributed by atoms with Crippen LogP contribution in [0.2, 0.25) is 0 Å². The molecule has 0 unspecified atom stereocenters. The average molecular weight is 305 g/mol. The highest BCUT2D eigenvalue weighted by molar-refractivity contribution is 7.92. The molecule has 0 saturated carbocycles. The fourth-order valence-corrected chi connectivity index (χ4v) is 5.76. The molecule has 122 valence electrons. The molecule has 0 atom stereocenters. The SMILES string of the molecule is CC(C)(C)CC(C)(C)CS(=O)(=O)C(C)(C)CC(C)(C)C. The maximum Gasteiger partial charge on any atom is 0.156 e. The van der Waals surface area contributed by atoms with Crippen LogP contribution in [0.15, 0.2) is 0 Å². The summed E-state index contributed by atoms with van der Waals surface area (Å²) in [7, 11) is -3.12. The van der Waals surface area contributed by atoms with Crippen molar-refractivity contribution in [3.63, 3.8) is 0 Å². The van der Waals surface area contributed by atoms with Gasteiger partial charge >= 0.3 is 0 Å². The molecule has 2 nitrogen and oxygen atoms in total. The minimum atomic E-state index is -3.12. The molecule has 0 radical (unpaired) electrons. The molecule has 0 heterocycles. The summed E-state index contributed by atoms with van der Waals surface area (Å²) in [6.45, 7) is 20.7. The van der Waals surface area contributed by atoms with Gasteiger partial charge in [-0.2, -0.15) is 0 Å². The molecule has 0 spiro atoms. The third-order valence-corrected chi connectivity index (χ3v) is 6.38. The summed E-state index contributed by atoms with van der Waals surface area (Å²) in [5, 5.41) is 0. The van der Waals surface area contributed by atoms with Crippen molar-refractivity contribution in [2.75, 3.05) is 5.75 Å². The standard InChI is InChI=1S/C17H36O2S/c1-14(2,3)11-16(7,8)13-20(18,19)17(9,10)12-15(4,5)6/h11-13H2,1-10H3. The van der Waals surface area contributed by atoms with E-state index in [9.17, 15) is 8.42 Å². The van der Waals surface area contributed by atoms with E-state index in [1.54, 1.807) is 0 Å². The van der Waals surface area contributed by atoms with E-state index in [0.717, 1.165) is 6.42 Å². The zero-order chi connectivity index (χ0) is 16.6. The minimum Gasteiger partial charge on any atom is -0.228 e. The summed E-state index contributed by atoms with van der Waals surface area (Å²) in [6.07, 6.45) is 1.60. The molecule has 0 bridgehead atoms. The van der Waals surface area contributed by atoms with Crippen LogP contribution in [0.3, 0.4) is 0 Å². The molecule has 0 aromatic heterocycles. The number of sulfone groups is 1. The van der Waals surface area contributed by atoms with Crippen molar-refractivity contribution >= 4 is 9.84 Å². The summed E-state index contributed by atoms with van der Waals surface area (Å²) in [5.74, 6) is 0.264. The highest BCUT2D eigenvalue weighted by Crippen LogP contribution is 2.39. The maximum absolute atomic E-state index is 12.8. The molecule has 0 N–H and O–H groups in total. The van der Waals surface area contributed by atoms with Crippen LogP contribution in [0.1, 0.15) is 82.1 Å². The zero-order valence-electron chi connectivity index (χ0n) is 15.3. The van der Waals surface area contributed by atoms with E-state index >= 15 is 0 Å². The number of hydrogen-bond donors (Lipinski definition) is 0. The first-order valence-corrected chi connectivity index (χ1v) is 9.25. The second kappa shape index (κ2) is 5.62. The van der Waals surface area contributed by atoms with E-state index in [1.165, 1.54) is 0 Å². The lowest BCUT2D eigenvalue weighted by molar-refractivity contribution is 0.233. The van der Waals surface area contributed by atoms with Crippen LogP contribution in [0.4, 0.5) is 0 Å². The van der Waals surface area contributed by atoms with E-state index in [1.807, 2.05) is 13.8 Å². The highest BCUT2D eigenvalue weighted by atomic mass is 32.2. The Morgan fingerprint density at radius 3 is 1.30 bits per heavy atom. The van der Waals surface area contributed by atoms with Crippen molar-refractivity contribution in [2.45, 2.75) is 86.8 Å².